The topological polar surface area (TPSA) is 149 Å². The van der Waals surface area contributed by atoms with E-state index in [4.69, 9.17) is 9.47 Å². The monoisotopic (exact) mass is 1140 g/mol. The summed E-state index contributed by atoms with van der Waals surface area (Å²) in [5.74, 6) is -0.179. The molecule has 0 aromatic rings. The van der Waals surface area contributed by atoms with Gasteiger partial charge in [-0.1, -0.05) is 333 Å². The quantitative estimate of drug-likeness (QED) is 0.0261. The molecule has 0 saturated carbocycles. The van der Waals surface area contributed by atoms with E-state index in [1.165, 1.54) is 302 Å². The molecular weight excluding hydrogens is 1010 g/mol. The summed E-state index contributed by atoms with van der Waals surface area (Å²) >= 11 is 0. The van der Waals surface area contributed by atoms with Crippen molar-refractivity contribution in [2.24, 2.45) is 0 Å². The molecule has 1 amide bonds. The molecule has 6 N–H and O–H groups in total. The predicted octanol–water partition coefficient (Wildman–Crippen LogP) is 19.4. The van der Waals surface area contributed by atoms with Crippen molar-refractivity contribution in [1.82, 2.24) is 5.32 Å². The van der Waals surface area contributed by atoms with Gasteiger partial charge in [0, 0.05) is 6.42 Å². The van der Waals surface area contributed by atoms with Crippen LogP contribution in [0.1, 0.15) is 361 Å². The van der Waals surface area contributed by atoms with Gasteiger partial charge in [-0.3, -0.25) is 4.79 Å². The Labute approximate surface area is 501 Å². The number of hydrogen-bond donors (Lipinski definition) is 6. The van der Waals surface area contributed by atoms with Crippen LogP contribution in [-0.2, 0) is 14.3 Å². The van der Waals surface area contributed by atoms with E-state index in [1.807, 2.05) is 6.08 Å². The highest BCUT2D eigenvalue weighted by atomic mass is 16.7. The number of carbonyl (C=O) groups is 1. The highest BCUT2D eigenvalue weighted by Crippen LogP contribution is 2.23. The zero-order valence-corrected chi connectivity index (χ0v) is 53.6. The predicted molar refractivity (Wildman–Crippen MR) is 346 cm³/mol. The van der Waals surface area contributed by atoms with Gasteiger partial charge in [0.15, 0.2) is 6.29 Å². The molecule has 7 atom stereocenters. The molecule has 9 heteroatoms. The SMILES string of the molecule is CCCCCCCCCC/C=C\CCCCCCCCCCCCCCCCCCCCCCCCCCCCCC(=O)NC(COC1OC(CO)C(O)C(O)C1O)C(O)/C=C/CC/C=C/CCCCCCCCCCCCCCC. The van der Waals surface area contributed by atoms with Crippen LogP contribution >= 0.6 is 0 Å². The number of nitrogens with one attached hydrogen (secondary N) is 1. The van der Waals surface area contributed by atoms with Crippen molar-refractivity contribution in [1.29, 1.82) is 0 Å². The molecule has 81 heavy (non-hydrogen) atoms. The fourth-order valence-electron chi connectivity index (χ4n) is 11.6. The van der Waals surface area contributed by atoms with E-state index >= 15 is 0 Å². The van der Waals surface area contributed by atoms with E-state index < -0.39 is 49.5 Å². The van der Waals surface area contributed by atoms with Crippen LogP contribution in [0.5, 0.6) is 0 Å². The van der Waals surface area contributed by atoms with Gasteiger partial charge in [0.2, 0.25) is 5.91 Å². The molecule has 1 rings (SSSR count). The van der Waals surface area contributed by atoms with Crippen molar-refractivity contribution in [2.75, 3.05) is 13.2 Å². The molecule has 0 aliphatic carbocycles. The van der Waals surface area contributed by atoms with Gasteiger partial charge in [0.05, 0.1) is 25.4 Å². The lowest BCUT2D eigenvalue weighted by Crippen LogP contribution is -2.60. The Balaban J connectivity index is 2.05. The van der Waals surface area contributed by atoms with Crippen LogP contribution < -0.4 is 5.32 Å². The number of carbonyl (C=O) groups excluding carboxylic acids is 1. The summed E-state index contributed by atoms with van der Waals surface area (Å²) in [5, 5.41) is 54.7. The van der Waals surface area contributed by atoms with Crippen molar-refractivity contribution in [2.45, 2.75) is 403 Å². The van der Waals surface area contributed by atoms with Gasteiger partial charge >= 0.3 is 0 Å². The van der Waals surface area contributed by atoms with Crippen molar-refractivity contribution in [3.63, 3.8) is 0 Å². The number of aliphatic hydroxyl groups excluding tert-OH is 5. The molecule has 478 valence electrons. The molecule has 1 saturated heterocycles. The number of hydrogen-bond acceptors (Lipinski definition) is 8. The maximum atomic E-state index is 13.1. The number of amides is 1. The summed E-state index contributed by atoms with van der Waals surface area (Å²) in [5.41, 5.74) is 0. The first-order valence-corrected chi connectivity index (χ1v) is 35.7. The zero-order chi connectivity index (χ0) is 58.6. The van der Waals surface area contributed by atoms with E-state index in [2.05, 4.69) is 43.5 Å². The van der Waals surface area contributed by atoms with Gasteiger partial charge in [0.25, 0.3) is 0 Å². The van der Waals surface area contributed by atoms with Crippen molar-refractivity contribution < 1.29 is 39.8 Å². The number of allylic oxidation sites excluding steroid dienone is 5. The summed E-state index contributed by atoms with van der Waals surface area (Å²) in [6.07, 6.45) is 75.6. The van der Waals surface area contributed by atoms with Gasteiger partial charge in [-0.05, 0) is 57.8 Å². The van der Waals surface area contributed by atoms with Crippen molar-refractivity contribution in [3.8, 4) is 0 Å². The molecule has 1 aliphatic rings. The normalized spacial score (nSPS) is 18.5. The lowest BCUT2D eigenvalue weighted by atomic mass is 9.99. The lowest BCUT2D eigenvalue weighted by Gasteiger charge is -2.40. The summed E-state index contributed by atoms with van der Waals surface area (Å²) in [7, 11) is 0. The first-order valence-electron chi connectivity index (χ1n) is 35.7. The standard InChI is InChI=1S/C72H137NO8/c1-3-5-7-9-11-13-15-17-19-21-23-24-25-26-27-28-29-30-31-32-33-34-35-36-37-38-39-40-41-42-44-46-48-50-52-54-56-58-60-62-68(76)73-65(64-80-72-71(79)70(78)69(77)67(63-74)81-72)66(75)61-59-57-55-53-51-49-47-45-43-22-20-18-16-14-12-10-8-6-4-2/h21,23,51,53,59,61,65-67,69-72,74-75,77-79H,3-20,22,24-50,52,54-58,60,62-64H2,1-2H3,(H,73,76)/b23-21-,53-51+,61-59+. The fourth-order valence-corrected chi connectivity index (χ4v) is 11.6. The molecule has 0 aromatic heterocycles. The third-order valence-electron chi connectivity index (χ3n) is 17.2. The summed E-state index contributed by atoms with van der Waals surface area (Å²) in [6.45, 7) is 3.81. The van der Waals surface area contributed by atoms with Gasteiger partial charge in [-0.25, -0.2) is 0 Å². The molecule has 0 spiro atoms. The highest BCUT2D eigenvalue weighted by Gasteiger charge is 2.44. The van der Waals surface area contributed by atoms with Crippen LogP contribution in [0.4, 0.5) is 0 Å². The third kappa shape index (κ3) is 50.3. The molecule has 1 aliphatic heterocycles. The second-order valence-corrected chi connectivity index (χ2v) is 25.0. The smallest absolute Gasteiger partial charge is 0.220 e. The van der Waals surface area contributed by atoms with Crippen LogP contribution in [0, 0.1) is 0 Å². The van der Waals surface area contributed by atoms with E-state index in [0.29, 0.717) is 6.42 Å². The average Bonchev–Trinajstić information content (AvgIpc) is 3.48. The summed E-state index contributed by atoms with van der Waals surface area (Å²) in [6, 6.07) is -0.820. The van der Waals surface area contributed by atoms with Crippen LogP contribution in [0.15, 0.2) is 36.5 Å². The summed E-state index contributed by atoms with van der Waals surface area (Å²) < 4.78 is 11.3. The Hall–Kier alpha value is -1.59. The first-order chi connectivity index (χ1) is 39.8. The minimum atomic E-state index is -1.57. The Bertz CT molecular complexity index is 1370. The number of rotatable bonds is 63. The maximum Gasteiger partial charge on any atom is 0.220 e. The average molecular weight is 1140 g/mol. The van der Waals surface area contributed by atoms with E-state index in [0.717, 1.165) is 38.5 Å². The van der Waals surface area contributed by atoms with Crippen molar-refractivity contribution >= 4 is 5.91 Å². The highest BCUT2D eigenvalue weighted by molar-refractivity contribution is 5.76. The molecule has 0 bridgehead atoms. The van der Waals surface area contributed by atoms with Crippen LogP contribution in [0.2, 0.25) is 0 Å². The fraction of sp³-hybridized carbons (Fsp3) is 0.903. The minimum absolute atomic E-state index is 0.179. The Morgan fingerprint density at radius 1 is 0.407 bits per heavy atom. The number of unbranched alkanes of at least 4 members (excludes halogenated alkanes) is 49. The van der Waals surface area contributed by atoms with Crippen LogP contribution in [0.3, 0.4) is 0 Å². The van der Waals surface area contributed by atoms with Gasteiger partial charge in [-0.15, -0.1) is 0 Å². The van der Waals surface area contributed by atoms with Crippen molar-refractivity contribution in [3.05, 3.63) is 36.5 Å². The maximum absolute atomic E-state index is 13.1. The Morgan fingerprint density at radius 2 is 0.704 bits per heavy atom. The number of aliphatic hydroxyl groups is 5. The first kappa shape index (κ1) is 77.4. The molecule has 9 nitrogen and oxygen atoms in total. The molecule has 7 unspecified atom stereocenters. The Kier molecular flexibility index (Phi) is 58.8. The molecular formula is C72H137NO8. The van der Waals surface area contributed by atoms with E-state index in [1.54, 1.807) is 6.08 Å². The summed E-state index contributed by atoms with van der Waals surface area (Å²) in [4.78, 5) is 13.1. The van der Waals surface area contributed by atoms with Gasteiger partial charge < -0.3 is 40.3 Å². The van der Waals surface area contributed by atoms with E-state index in [-0.39, 0.29) is 12.5 Å². The lowest BCUT2D eigenvalue weighted by molar-refractivity contribution is -0.302. The van der Waals surface area contributed by atoms with Gasteiger partial charge in [-0.2, -0.15) is 0 Å². The second-order valence-electron chi connectivity index (χ2n) is 25.0. The van der Waals surface area contributed by atoms with Crippen LogP contribution in [0.25, 0.3) is 0 Å². The minimum Gasteiger partial charge on any atom is -0.394 e. The second kappa shape index (κ2) is 61.5. The Morgan fingerprint density at radius 3 is 1.04 bits per heavy atom. The largest absolute Gasteiger partial charge is 0.394 e. The molecule has 0 aromatic carbocycles. The molecule has 0 radical (unpaired) electrons. The van der Waals surface area contributed by atoms with E-state index in [9.17, 15) is 30.3 Å². The zero-order valence-electron chi connectivity index (χ0n) is 53.6. The number of ether oxygens (including phenoxy) is 2. The molecule has 1 fully saturated rings. The van der Waals surface area contributed by atoms with Gasteiger partial charge in [0.1, 0.15) is 24.4 Å². The van der Waals surface area contributed by atoms with Crippen LogP contribution in [-0.4, -0.2) is 87.5 Å². The third-order valence-corrected chi connectivity index (χ3v) is 17.2. The molecule has 1 heterocycles.